The Labute approximate surface area is 167 Å². The van der Waals surface area contributed by atoms with Gasteiger partial charge in [0.15, 0.2) is 5.78 Å². The van der Waals surface area contributed by atoms with Crippen molar-refractivity contribution < 1.29 is 9.53 Å². The standard InChI is InChI=1S/C24H41NO2/c1-2-3-4-5-6-7-8-9-10-11-12-13-14-15-20-27-23-18-16-22(17-19-23)24(26)21-25/h16-19H,2-15,20-21,25H2,1H3. The summed E-state index contributed by atoms with van der Waals surface area (Å²) < 4.78 is 5.74. The monoisotopic (exact) mass is 375 g/mol. The van der Waals surface area contributed by atoms with Crippen LogP contribution >= 0.6 is 0 Å². The quantitative estimate of drug-likeness (QED) is 0.230. The minimum atomic E-state index is -0.0338. The molecule has 1 rings (SSSR count). The highest BCUT2D eigenvalue weighted by Crippen LogP contribution is 2.15. The van der Waals surface area contributed by atoms with E-state index in [1.807, 2.05) is 12.1 Å². The first-order valence-corrected chi connectivity index (χ1v) is 11.2. The molecule has 2 N–H and O–H groups in total. The number of ether oxygens (including phenoxy) is 1. The second kappa shape index (κ2) is 16.8. The van der Waals surface area contributed by atoms with Crippen LogP contribution in [0.15, 0.2) is 24.3 Å². The van der Waals surface area contributed by atoms with E-state index in [1.54, 1.807) is 12.1 Å². The Balaban J connectivity index is 1.86. The third-order valence-electron chi connectivity index (χ3n) is 5.13. The van der Waals surface area contributed by atoms with Crippen LogP contribution in [0, 0.1) is 0 Å². The van der Waals surface area contributed by atoms with Crippen molar-refractivity contribution in [1.29, 1.82) is 0 Å². The highest BCUT2D eigenvalue weighted by Gasteiger charge is 2.03. The zero-order valence-corrected chi connectivity index (χ0v) is 17.5. The van der Waals surface area contributed by atoms with Gasteiger partial charge in [-0.2, -0.15) is 0 Å². The molecule has 0 fully saturated rings. The van der Waals surface area contributed by atoms with Crippen LogP contribution in [0.4, 0.5) is 0 Å². The summed E-state index contributed by atoms with van der Waals surface area (Å²) in [5.41, 5.74) is 6.01. The highest BCUT2D eigenvalue weighted by molar-refractivity contribution is 5.97. The van der Waals surface area contributed by atoms with Crippen molar-refractivity contribution in [2.45, 2.75) is 96.8 Å². The number of rotatable bonds is 18. The smallest absolute Gasteiger partial charge is 0.176 e. The third-order valence-corrected chi connectivity index (χ3v) is 5.13. The van der Waals surface area contributed by atoms with Crippen LogP contribution in [0.2, 0.25) is 0 Å². The minimum absolute atomic E-state index is 0.0338. The van der Waals surface area contributed by atoms with Crippen molar-refractivity contribution in [2.24, 2.45) is 5.73 Å². The Bertz CT molecular complexity index is 470. The summed E-state index contributed by atoms with van der Waals surface area (Å²) in [7, 11) is 0. The lowest BCUT2D eigenvalue weighted by molar-refractivity contribution is 0.100. The molecule has 0 aliphatic rings. The van der Waals surface area contributed by atoms with Crippen LogP contribution in [-0.4, -0.2) is 18.9 Å². The Morgan fingerprint density at radius 1 is 0.741 bits per heavy atom. The molecule has 0 saturated heterocycles. The van der Waals surface area contributed by atoms with Gasteiger partial charge in [-0.25, -0.2) is 0 Å². The van der Waals surface area contributed by atoms with Crippen LogP contribution < -0.4 is 10.5 Å². The van der Waals surface area contributed by atoms with Gasteiger partial charge in [0.1, 0.15) is 5.75 Å². The average Bonchev–Trinajstić information content (AvgIpc) is 2.70. The number of carbonyl (C=O) groups is 1. The minimum Gasteiger partial charge on any atom is -0.494 e. The fraction of sp³-hybridized carbons (Fsp3) is 0.708. The van der Waals surface area contributed by atoms with Gasteiger partial charge in [0.25, 0.3) is 0 Å². The van der Waals surface area contributed by atoms with Gasteiger partial charge >= 0.3 is 0 Å². The molecule has 0 amide bonds. The molecule has 1 aromatic carbocycles. The summed E-state index contributed by atoms with van der Waals surface area (Å²) >= 11 is 0. The molecule has 0 aliphatic heterocycles. The third kappa shape index (κ3) is 12.6. The number of hydrogen-bond acceptors (Lipinski definition) is 3. The molecular weight excluding hydrogens is 334 g/mol. The number of ketones is 1. The van der Waals surface area contributed by atoms with E-state index in [9.17, 15) is 4.79 Å². The van der Waals surface area contributed by atoms with E-state index in [2.05, 4.69) is 6.92 Å². The van der Waals surface area contributed by atoms with Gasteiger partial charge in [-0.3, -0.25) is 4.79 Å². The maximum absolute atomic E-state index is 11.5. The molecule has 0 aromatic heterocycles. The summed E-state index contributed by atoms with van der Waals surface area (Å²) in [5.74, 6) is 0.798. The van der Waals surface area contributed by atoms with Crippen molar-refractivity contribution in [1.82, 2.24) is 0 Å². The Morgan fingerprint density at radius 2 is 1.19 bits per heavy atom. The molecule has 0 heterocycles. The topological polar surface area (TPSA) is 52.3 Å². The molecule has 0 aliphatic carbocycles. The lowest BCUT2D eigenvalue weighted by Crippen LogP contribution is -2.13. The maximum Gasteiger partial charge on any atom is 0.176 e. The van der Waals surface area contributed by atoms with Crippen LogP contribution in [0.1, 0.15) is 107 Å². The first-order chi connectivity index (χ1) is 13.3. The van der Waals surface area contributed by atoms with Gasteiger partial charge in [-0.1, -0.05) is 90.4 Å². The average molecular weight is 376 g/mol. The molecule has 154 valence electrons. The van der Waals surface area contributed by atoms with Crippen LogP contribution in [0.5, 0.6) is 5.75 Å². The fourth-order valence-corrected chi connectivity index (χ4v) is 3.34. The van der Waals surface area contributed by atoms with E-state index in [0.717, 1.165) is 18.8 Å². The van der Waals surface area contributed by atoms with E-state index in [4.69, 9.17) is 10.5 Å². The van der Waals surface area contributed by atoms with E-state index in [0.29, 0.717) is 5.56 Å². The van der Waals surface area contributed by atoms with Crippen LogP contribution in [0.3, 0.4) is 0 Å². The Morgan fingerprint density at radius 3 is 1.63 bits per heavy atom. The van der Waals surface area contributed by atoms with Gasteiger partial charge in [0.2, 0.25) is 0 Å². The molecule has 3 heteroatoms. The lowest BCUT2D eigenvalue weighted by atomic mass is 10.0. The van der Waals surface area contributed by atoms with Gasteiger partial charge in [-0.05, 0) is 30.7 Å². The first-order valence-electron chi connectivity index (χ1n) is 11.2. The number of hydrogen-bond donors (Lipinski definition) is 1. The van der Waals surface area contributed by atoms with Crippen LogP contribution in [0.25, 0.3) is 0 Å². The number of nitrogens with two attached hydrogens (primary N) is 1. The Kier molecular flexibility index (Phi) is 14.7. The molecule has 3 nitrogen and oxygen atoms in total. The zero-order valence-electron chi connectivity index (χ0n) is 17.5. The number of Topliss-reactive ketones (excluding diaryl/α,β-unsaturated/α-hetero) is 1. The largest absolute Gasteiger partial charge is 0.494 e. The molecule has 27 heavy (non-hydrogen) atoms. The van der Waals surface area contributed by atoms with Crippen molar-refractivity contribution >= 4 is 5.78 Å². The highest BCUT2D eigenvalue weighted by atomic mass is 16.5. The van der Waals surface area contributed by atoms with E-state index >= 15 is 0 Å². The predicted molar refractivity (Wildman–Crippen MR) is 116 cm³/mol. The maximum atomic E-state index is 11.5. The van der Waals surface area contributed by atoms with Gasteiger partial charge in [0.05, 0.1) is 13.2 Å². The molecule has 0 saturated carbocycles. The second-order valence-corrected chi connectivity index (χ2v) is 7.60. The zero-order chi connectivity index (χ0) is 19.6. The van der Waals surface area contributed by atoms with E-state index in [-0.39, 0.29) is 12.3 Å². The molecule has 1 aromatic rings. The molecule has 0 atom stereocenters. The van der Waals surface area contributed by atoms with Gasteiger partial charge < -0.3 is 10.5 Å². The number of benzene rings is 1. The van der Waals surface area contributed by atoms with Crippen molar-refractivity contribution in [3.63, 3.8) is 0 Å². The summed E-state index contributed by atoms with van der Waals surface area (Å²) in [6.45, 7) is 3.08. The lowest BCUT2D eigenvalue weighted by Gasteiger charge is -2.07. The summed E-state index contributed by atoms with van der Waals surface area (Å²) in [6, 6.07) is 7.28. The van der Waals surface area contributed by atoms with Crippen molar-refractivity contribution in [2.75, 3.05) is 13.2 Å². The number of unbranched alkanes of at least 4 members (excludes halogenated alkanes) is 13. The molecule has 0 bridgehead atoms. The SMILES string of the molecule is CCCCCCCCCCCCCCCCOc1ccc(C(=O)CN)cc1. The van der Waals surface area contributed by atoms with Gasteiger partial charge in [-0.15, -0.1) is 0 Å². The summed E-state index contributed by atoms with van der Waals surface area (Å²) in [4.78, 5) is 11.5. The summed E-state index contributed by atoms with van der Waals surface area (Å²) in [5, 5.41) is 0. The van der Waals surface area contributed by atoms with Crippen molar-refractivity contribution in [3.8, 4) is 5.75 Å². The van der Waals surface area contributed by atoms with Crippen LogP contribution in [-0.2, 0) is 0 Å². The van der Waals surface area contributed by atoms with E-state index < -0.39 is 0 Å². The first kappa shape index (κ1) is 23.7. The molecule has 0 spiro atoms. The van der Waals surface area contributed by atoms with Gasteiger partial charge in [0, 0.05) is 5.56 Å². The summed E-state index contributed by atoms with van der Waals surface area (Å²) in [6.07, 6.45) is 19.1. The van der Waals surface area contributed by atoms with E-state index in [1.165, 1.54) is 83.5 Å². The molecule has 0 radical (unpaired) electrons. The second-order valence-electron chi connectivity index (χ2n) is 7.60. The molecular formula is C24H41NO2. The molecule has 0 unspecified atom stereocenters. The normalized spacial score (nSPS) is 10.9. The van der Waals surface area contributed by atoms with Crippen molar-refractivity contribution in [3.05, 3.63) is 29.8 Å². The predicted octanol–water partition coefficient (Wildman–Crippen LogP) is 6.69. The Hall–Kier alpha value is -1.35. The fourth-order valence-electron chi connectivity index (χ4n) is 3.34. The number of carbonyl (C=O) groups excluding carboxylic acids is 1.